The summed E-state index contributed by atoms with van der Waals surface area (Å²) < 4.78 is 4.18. The van der Waals surface area contributed by atoms with Crippen molar-refractivity contribution in [2.75, 3.05) is 0 Å². The highest BCUT2D eigenvalue weighted by molar-refractivity contribution is 5.56. The van der Waals surface area contributed by atoms with E-state index < -0.39 is 6.16 Å². The van der Waals surface area contributed by atoms with Gasteiger partial charge in [-0.05, 0) is 0 Å². The fourth-order valence-electron chi connectivity index (χ4n) is 0.431. The van der Waals surface area contributed by atoms with E-state index in [0.717, 1.165) is 0 Å². The summed E-state index contributed by atoms with van der Waals surface area (Å²) in [6.45, 7) is -0.0637. The van der Waals surface area contributed by atoms with Crippen molar-refractivity contribution in [1.29, 1.82) is 0 Å². The van der Waals surface area contributed by atoms with Crippen molar-refractivity contribution in [2.45, 2.75) is 6.61 Å². The van der Waals surface area contributed by atoms with Gasteiger partial charge in [-0.1, -0.05) is 0 Å². The third kappa shape index (κ3) is 1.73. The van der Waals surface area contributed by atoms with Crippen LogP contribution in [0.3, 0.4) is 0 Å². The summed E-state index contributed by atoms with van der Waals surface area (Å²) in [4.78, 5) is 9.81. The second kappa shape index (κ2) is 2.81. The molecule has 0 aliphatic heterocycles. The minimum Gasteiger partial charge on any atom is -0.450 e. The maximum absolute atomic E-state index is 9.81. The van der Waals surface area contributed by atoms with Crippen molar-refractivity contribution in [3.8, 4) is 0 Å². The lowest BCUT2D eigenvalue weighted by molar-refractivity contribution is 0.0843. The molecule has 1 rings (SSSR count). The lowest BCUT2D eigenvalue weighted by Crippen LogP contribution is -2.00. The molecule has 1 heterocycles. The van der Waals surface area contributed by atoms with Gasteiger partial charge in [0.25, 0.3) is 0 Å². The van der Waals surface area contributed by atoms with Crippen LogP contribution in [-0.4, -0.2) is 26.7 Å². The molecule has 6 heteroatoms. The molecule has 0 radical (unpaired) electrons. The molecule has 6 nitrogen and oxygen atoms in total. The summed E-state index contributed by atoms with van der Waals surface area (Å²) in [5.74, 6) is 0. The number of carbonyl (C=O) groups is 1. The second-order valence-electron chi connectivity index (χ2n) is 1.52. The van der Waals surface area contributed by atoms with Crippen molar-refractivity contribution in [1.82, 2.24) is 15.4 Å². The van der Waals surface area contributed by atoms with Crippen LogP contribution in [-0.2, 0) is 11.3 Å². The first-order valence-electron chi connectivity index (χ1n) is 2.49. The van der Waals surface area contributed by atoms with Crippen LogP contribution in [0, 0.1) is 0 Å². The summed E-state index contributed by atoms with van der Waals surface area (Å²) in [6.07, 6.45) is 0.0751. The molecular formula is C4H5N3O3. The summed E-state index contributed by atoms with van der Waals surface area (Å²) in [5, 5.41) is 17.4. The van der Waals surface area contributed by atoms with Gasteiger partial charge in [0.05, 0.1) is 6.20 Å². The molecule has 0 aliphatic carbocycles. The van der Waals surface area contributed by atoms with Crippen molar-refractivity contribution in [3.05, 3.63) is 11.9 Å². The maximum atomic E-state index is 9.81. The molecule has 0 saturated carbocycles. The predicted molar refractivity (Wildman–Crippen MR) is 29.2 cm³/mol. The average Bonchev–Trinajstić information content (AvgIpc) is 2.34. The lowest BCUT2D eigenvalue weighted by Gasteiger charge is -1.92. The van der Waals surface area contributed by atoms with Gasteiger partial charge in [0.1, 0.15) is 12.3 Å². The van der Waals surface area contributed by atoms with E-state index in [1.54, 1.807) is 0 Å². The van der Waals surface area contributed by atoms with Crippen LogP contribution >= 0.6 is 0 Å². The van der Waals surface area contributed by atoms with E-state index >= 15 is 0 Å². The van der Waals surface area contributed by atoms with Crippen LogP contribution in [0.25, 0.3) is 0 Å². The number of aromatic nitrogens is 3. The molecule has 0 saturated heterocycles. The molecule has 0 aliphatic rings. The highest BCUT2D eigenvalue weighted by Gasteiger charge is 1.99. The Kier molecular flexibility index (Phi) is 1.83. The molecule has 0 spiro atoms. The van der Waals surface area contributed by atoms with E-state index in [2.05, 4.69) is 20.1 Å². The zero-order chi connectivity index (χ0) is 7.40. The summed E-state index contributed by atoms with van der Waals surface area (Å²) in [6, 6.07) is 0. The third-order valence-electron chi connectivity index (χ3n) is 0.808. The third-order valence-corrected chi connectivity index (χ3v) is 0.808. The standard InChI is InChI=1S/C4H5N3O3/c8-4(9)10-2-3-1-5-7-6-3/h1H,2H2,(H,8,9)(H,5,6,7). The Labute approximate surface area is 55.8 Å². The number of rotatable bonds is 2. The molecule has 0 unspecified atom stereocenters. The largest absolute Gasteiger partial charge is 0.506 e. The van der Waals surface area contributed by atoms with Crippen LogP contribution in [0.15, 0.2) is 6.20 Å². The molecule has 1 aromatic rings. The van der Waals surface area contributed by atoms with E-state index in [1.807, 2.05) is 0 Å². The van der Waals surface area contributed by atoms with E-state index in [0.29, 0.717) is 5.69 Å². The van der Waals surface area contributed by atoms with Gasteiger partial charge in [-0.3, -0.25) is 0 Å². The zero-order valence-electron chi connectivity index (χ0n) is 4.94. The molecule has 0 fully saturated rings. The van der Waals surface area contributed by atoms with Gasteiger partial charge in [-0.15, -0.1) is 0 Å². The average molecular weight is 143 g/mol. The number of nitrogens with zero attached hydrogens (tertiary/aromatic N) is 2. The number of hydrogen-bond donors (Lipinski definition) is 2. The smallest absolute Gasteiger partial charge is 0.450 e. The van der Waals surface area contributed by atoms with Crippen LogP contribution in [0.4, 0.5) is 4.79 Å². The number of carboxylic acid groups (broad SMARTS) is 1. The van der Waals surface area contributed by atoms with Gasteiger partial charge in [0.2, 0.25) is 0 Å². The monoisotopic (exact) mass is 143 g/mol. The van der Waals surface area contributed by atoms with Crippen LogP contribution in [0.1, 0.15) is 5.69 Å². The SMILES string of the molecule is O=C(O)OCc1cn[nH]n1. The Morgan fingerprint density at radius 1 is 1.90 bits per heavy atom. The predicted octanol–water partition coefficient (Wildman–Crippen LogP) is -0.000700. The molecule has 0 atom stereocenters. The van der Waals surface area contributed by atoms with Gasteiger partial charge in [0, 0.05) is 0 Å². The van der Waals surface area contributed by atoms with E-state index in [4.69, 9.17) is 5.11 Å². The molecular weight excluding hydrogens is 138 g/mol. The highest BCUT2D eigenvalue weighted by Crippen LogP contribution is 1.91. The van der Waals surface area contributed by atoms with Crippen LogP contribution < -0.4 is 0 Å². The molecule has 54 valence electrons. The van der Waals surface area contributed by atoms with Gasteiger partial charge < -0.3 is 9.84 Å². The number of ether oxygens (including phenoxy) is 1. The van der Waals surface area contributed by atoms with Crippen molar-refractivity contribution in [3.63, 3.8) is 0 Å². The summed E-state index contributed by atoms with van der Waals surface area (Å²) in [7, 11) is 0. The first-order valence-corrected chi connectivity index (χ1v) is 2.49. The van der Waals surface area contributed by atoms with E-state index in [-0.39, 0.29) is 6.61 Å². The molecule has 1 aromatic heterocycles. The fraction of sp³-hybridized carbons (Fsp3) is 0.250. The maximum Gasteiger partial charge on any atom is 0.506 e. The van der Waals surface area contributed by atoms with Crippen molar-refractivity contribution < 1.29 is 14.6 Å². The topological polar surface area (TPSA) is 88.1 Å². The van der Waals surface area contributed by atoms with E-state index in [1.165, 1.54) is 6.20 Å². The Balaban J connectivity index is 2.35. The highest BCUT2D eigenvalue weighted by atomic mass is 16.7. The minimum absolute atomic E-state index is 0.0637. The molecule has 10 heavy (non-hydrogen) atoms. The summed E-state index contributed by atoms with van der Waals surface area (Å²) in [5.41, 5.74) is 0.461. The van der Waals surface area contributed by atoms with Gasteiger partial charge in [-0.25, -0.2) is 4.79 Å². The minimum atomic E-state index is -1.32. The number of hydrogen-bond acceptors (Lipinski definition) is 4. The molecule has 2 N–H and O–H groups in total. The van der Waals surface area contributed by atoms with Gasteiger partial charge >= 0.3 is 6.16 Å². The Hall–Kier alpha value is -1.59. The second-order valence-corrected chi connectivity index (χ2v) is 1.52. The van der Waals surface area contributed by atoms with Gasteiger partial charge in [0.15, 0.2) is 0 Å². The fourth-order valence-corrected chi connectivity index (χ4v) is 0.431. The first kappa shape index (κ1) is 6.53. The number of H-pyrrole nitrogens is 1. The van der Waals surface area contributed by atoms with E-state index in [9.17, 15) is 4.79 Å². The van der Waals surface area contributed by atoms with Crippen LogP contribution in [0.5, 0.6) is 0 Å². The Morgan fingerprint density at radius 3 is 3.20 bits per heavy atom. The first-order chi connectivity index (χ1) is 4.79. The lowest BCUT2D eigenvalue weighted by atomic mass is 10.5. The molecule has 0 aromatic carbocycles. The molecule has 0 amide bonds. The number of aromatic amines is 1. The Bertz CT molecular complexity index is 208. The van der Waals surface area contributed by atoms with Crippen molar-refractivity contribution >= 4 is 6.16 Å². The Morgan fingerprint density at radius 2 is 2.70 bits per heavy atom. The quantitative estimate of drug-likeness (QED) is 0.569. The van der Waals surface area contributed by atoms with Gasteiger partial charge in [-0.2, -0.15) is 15.4 Å². The normalized spacial score (nSPS) is 9.20. The molecule has 0 bridgehead atoms. The zero-order valence-corrected chi connectivity index (χ0v) is 4.94. The number of nitrogens with one attached hydrogen (secondary N) is 1. The summed E-state index contributed by atoms with van der Waals surface area (Å²) >= 11 is 0. The van der Waals surface area contributed by atoms with Crippen LogP contribution in [0.2, 0.25) is 0 Å². The van der Waals surface area contributed by atoms with Crippen molar-refractivity contribution in [2.24, 2.45) is 0 Å².